The summed E-state index contributed by atoms with van der Waals surface area (Å²) in [6.07, 6.45) is -0.355. The van der Waals surface area contributed by atoms with Gasteiger partial charge >= 0.3 is 0 Å². The number of aryl methyl sites for hydroxylation is 4. The zero-order valence-electron chi connectivity index (χ0n) is 43.3. The molecule has 27 nitrogen and oxygen atoms in total. The van der Waals surface area contributed by atoms with E-state index in [1.807, 2.05) is 30.3 Å². The van der Waals surface area contributed by atoms with E-state index in [-0.39, 0.29) is 76.8 Å². The Hall–Kier alpha value is -8.05. The molecule has 0 aliphatic heterocycles. The monoisotopic (exact) mass is 1220 g/mol. The predicted molar refractivity (Wildman–Crippen MR) is 299 cm³/mol. The van der Waals surface area contributed by atoms with Crippen LogP contribution in [0, 0.1) is 27.7 Å². The number of nitrogens with zero attached hydrogens (tertiary/aromatic N) is 8. The minimum Gasteiger partial charge on any atom is -0.505 e. The highest BCUT2D eigenvalue weighted by molar-refractivity contribution is 7.87. The normalized spacial score (nSPS) is 12.8. The van der Waals surface area contributed by atoms with Crippen molar-refractivity contribution in [2.75, 3.05) is 30.0 Å². The average Bonchev–Trinajstić information content (AvgIpc) is 3.60. The van der Waals surface area contributed by atoms with Gasteiger partial charge in [-0.2, -0.15) is 62.5 Å². The van der Waals surface area contributed by atoms with Gasteiger partial charge in [0.05, 0.1) is 52.4 Å². The van der Waals surface area contributed by atoms with Gasteiger partial charge < -0.3 is 19.9 Å². The van der Waals surface area contributed by atoms with Crippen LogP contribution in [0.3, 0.4) is 0 Å². The molecule has 7 aromatic rings. The number of para-hydroxylation sites is 1. The zero-order chi connectivity index (χ0) is 60.0. The summed E-state index contributed by atoms with van der Waals surface area (Å²) in [6.45, 7) is 5.94. The SMILES string of the molecule is Cc1cc(N=Nc2c(S(=O)(=O)O)cc3cc(Nc4ccccc4)ccc3c2O)c(C)cc1N=Nc1cc(C)c(N=Nc2cc(C)c(N=Nc3ccc(S(=O)(=O)O)cc3S(=O)(=O)O)cc2OCCCS(=O)(=O)O)cc1OCCCS(=O)(=O)O. The van der Waals surface area contributed by atoms with E-state index in [1.165, 1.54) is 37.3 Å². The molecule has 0 heterocycles. The topological polar surface area (TPSA) is 421 Å². The first-order valence-corrected chi connectivity index (χ1v) is 31.3. The van der Waals surface area contributed by atoms with Crippen LogP contribution in [0.25, 0.3) is 10.8 Å². The van der Waals surface area contributed by atoms with E-state index in [4.69, 9.17) is 9.47 Å². The molecule has 0 aromatic heterocycles. The summed E-state index contributed by atoms with van der Waals surface area (Å²) in [7, 11) is -23.7. The molecule has 7 aromatic carbocycles. The third-order valence-corrected chi connectivity index (χ3v) is 15.8. The minimum atomic E-state index is -5.11. The van der Waals surface area contributed by atoms with Gasteiger partial charge in [-0.25, -0.2) is 0 Å². The van der Waals surface area contributed by atoms with Gasteiger partial charge in [0.15, 0.2) is 5.75 Å². The Morgan fingerprint density at radius 3 is 1.33 bits per heavy atom. The Morgan fingerprint density at radius 2 is 0.866 bits per heavy atom. The number of phenols is 1. The molecule has 0 aliphatic carbocycles. The molecular weight excluding hydrogens is 1170 g/mol. The summed E-state index contributed by atoms with van der Waals surface area (Å²) in [6, 6.07) is 26.1. The Kier molecular flexibility index (Phi) is 18.8. The fraction of sp³-hybridized carbons (Fsp3) is 0.200. The molecule has 0 bridgehead atoms. The van der Waals surface area contributed by atoms with Gasteiger partial charge in [0.25, 0.3) is 50.6 Å². The molecule has 0 radical (unpaired) electrons. The van der Waals surface area contributed by atoms with Gasteiger partial charge in [-0.3, -0.25) is 22.8 Å². The molecule has 432 valence electrons. The lowest BCUT2D eigenvalue weighted by Crippen LogP contribution is -2.08. The van der Waals surface area contributed by atoms with E-state index < -0.39 is 93.9 Å². The largest absolute Gasteiger partial charge is 0.505 e. The van der Waals surface area contributed by atoms with Gasteiger partial charge in [-0.1, -0.05) is 18.2 Å². The van der Waals surface area contributed by atoms with Crippen LogP contribution < -0.4 is 14.8 Å². The summed E-state index contributed by atoms with van der Waals surface area (Å²) in [5, 5.41) is 48.8. The number of ether oxygens (including phenoxy) is 2. The molecule has 7 rings (SSSR count). The maximum absolute atomic E-state index is 12.7. The van der Waals surface area contributed by atoms with Crippen LogP contribution in [0.2, 0.25) is 0 Å². The molecule has 0 fully saturated rings. The fourth-order valence-electron chi connectivity index (χ4n) is 7.56. The molecule has 32 heteroatoms. The molecule has 0 saturated heterocycles. The van der Waals surface area contributed by atoms with E-state index in [2.05, 4.69) is 46.2 Å². The second-order valence-corrected chi connectivity index (χ2v) is 25.3. The second-order valence-electron chi connectivity index (χ2n) is 18.0. The number of hydrogen-bond acceptors (Lipinski definition) is 22. The Morgan fingerprint density at radius 1 is 0.427 bits per heavy atom. The summed E-state index contributed by atoms with van der Waals surface area (Å²) in [5.41, 5.74) is 2.85. The molecule has 7 N–H and O–H groups in total. The van der Waals surface area contributed by atoms with Crippen molar-refractivity contribution in [3.8, 4) is 17.2 Å². The highest BCUT2D eigenvalue weighted by atomic mass is 32.2. The summed E-state index contributed by atoms with van der Waals surface area (Å²) in [5.74, 6) is -1.93. The maximum atomic E-state index is 12.7. The number of nitrogens with one attached hydrogen (secondary N) is 1. The average molecular weight is 1220 g/mol. The molecule has 0 unspecified atom stereocenters. The van der Waals surface area contributed by atoms with Crippen molar-refractivity contribution in [3.63, 3.8) is 0 Å². The highest BCUT2D eigenvalue weighted by Crippen LogP contribution is 2.44. The lowest BCUT2D eigenvalue weighted by atomic mass is 10.1. The Balaban J connectivity index is 1.20. The summed E-state index contributed by atoms with van der Waals surface area (Å²) in [4.78, 5) is -2.55. The van der Waals surface area contributed by atoms with Gasteiger partial charge in [0, 0.05) is 28.9 Å². The van der Waals surface area contributed by atoms with Crippen LogP contribution in [-0.2, 0) is 50.6 Å². The summed E-state index contributed by atoms with van der Waals surface area (Å²) < 4.78 is 179. The van der Waals surface area contributed by atoms with Crippen LogP contribution in [0.5, 0.6) is 17.2 Å². The predicted octanol–water partition coefficient (Wildman–Crippen LogP) is 12.2. The third kappa shape index (κ3) is 16.5. The molecule has 0 aliphatic rings. The summed E-state index contributed by atoms with van der Waals surface area (Å²) >= 11 is 0. The maximum Gasteiger partial charge on any atom is 0.296 e. The van der Waals surface area contributed by atoms with Crippen LogP contribution in [0.15, 0.2) is 165 Å². The number of fused-ring (bicyclic) bond motifs is 1. The Bertz CT molecular complexity index is 4360. The highest BCUT2D eigenvalue weighted by Gasteiger charge is 2.24. The Labute approximate surface area is 470 Å². The van der Waals surface area contributed by atoms with Crippen molar-refractivity contribution in [3.05, 3.63) is 131 Å². The van der Waals surface area contributed by atoms with E-state index >= 15 is 0 Å². The molecular formula is C50H49N9O18S5. The van der Waals surface area contributed by atoms with Crippen molar-refractivity contribution in [2.45, 2.75) is 55.2 Å². The number of aromatic hydroxyl groups is 1. The number of benzene rings is 7. The van der Waals surface area contributed by atoms with E-state index in [1.54, 1.807) is 51.1 Å². The van der Waals surface area contributed by atoms with Gasteiger partial charge in [-0.15, -0.1) is 20.5 Å². The number of rotatable bonds is 23. The quantitative estimate of drug-likeness (QED) is 0.0178. The van der Waals surface area contributed by atoms with E-state index in [9.17, 15) is 70.0 Å². The van der Waals surface area contributed by atoms with Crippen molar-refractivity contribution < 1.29 is 79.4 Å². The standard InChI is InChI=1S/C50H49N9O18S5/c1-29-21-40(56-59-49-48(82(73,74)75)25-33-24-35(12-14-37(33)50(49)60)51-34-10-6-5-7-11-34)30(2)20-39(29)53-57-43-23-32(4)42(28-46(43)77-17-9-19-79(64,65)66)55-58-44-22-31(3)41(27-45(44)76-16-8-18-78(61,62)63)54-52-38-15-13-36(80(67,68)69)26-47(38)81(70,71)72/h5-7,10-15,20-28,51,60H,8-9,16-19H2,1-4H3,(H,61,62,63)(H,64,65,66)(H,67,68,69)(H,70,71,72)(H,73,74,75). The van der Waals surface area contributed by atoms with Crippen molar-refractivity contribution in [1.82, 2.24) is 0 Å². The minimum absolute atomic E-state index is 0.00207. The second kappa shape index (κ2) is 25.0. The first kappa shape index (κ1) is 61.6. The fourth-order valence-corrected chi connectivity index (χ4v) is 10.4. The molecule has 82 heavy (non-hydrogen) atoms. The van der Waals surface area contributed by atoms with E-state index in [0.717, 1.165) is 17.8 Å². The third-order valence-electron chi connectivity index (χ3n) is 11.6. The smallest absolute Gasteiger partial charge is 0.296 e. The van der Waals surface area contributed by atoms with Crippen molar-refractivity contribution >= 4 is 118 Å². The number of anilines is 2. The molecule has 0 spiro atoms. The first-order valence-electron chi connectivity index (χ1n) is 23.7. The molecule has 0 atom stereocenters. The van der Waals surface area contributed by atoms with Crippen molar-refractivity contribution in [2.24, 2.45) is 40.9 Å². The van der Waals surface area contributed by atoms with Crippen LogP contribution in [0.4, 0.5) is 56.9 Å². The van der Waals surface area contributed by atoms with Crippen LogP contribution in [-0.4, -0.2) is 94.7 Å². The lowest BCUT2D eigenvalue weighted by Gasteiger charge is -2.12. The zero-order valence-corrected chi connectivity index (χ0v) is 47.4. The molecule has 0 amide bonds. The van der Waals surface area contributed by atoms with Crippen LogP contribution >= 0.6 is 0 Å². The lowest BCUT2D eigenvalue weighted by molar-refractivity contribution is 0.317. The molecule has 0 saturated carbocycles. The van der Waals surface area contributed by atoms with Crippen LogP contribution in [0.1, 0.15) is 35.1 Å². The number of azo groups is 4. The van der Waals surface area contributed by atoms with Gasteiger partial charge in [0.1, 0.15) is 44.0 Å². The van der Waals surface area contributed by atoms with Gasteiger partial charge in [-0.05, 0) is 147 Å². The number of phenolic OH excluding ortho intramolecular Hbond substituents is 1. The number of hydrogen-bond donors (Lipinski definition) is 7. The van der Waals surface area contributed by atoms with Gasteiger partial charge in [0.2, 0.25) is 0 Å². The van der Waals surface area contributed by atoms with Crippen molar-refractivity contribution in [1.29, 1.82) is 0 Å². The van der Waals surface area contributed by atoms with E-state index in [0.29, 0.717) is 39.7 Å². The first-order chi connectivity index (χ1) is 38.3.